The predicted octanol–water partition coefficient (Wildman–Crippen LogP) is -1.69. The van der Waals surface area contributed by atoms with E-state index >= 15 is 0 Å². The summed E-state index contributed by atoms with van der Waals surface area (Å²) >= 11 is 0. The van der Waals surface area contributed by atoms with Gasteiger partial charge in [0.25, 0.3) is 0 Å². The molecule has 0 saturated heterocycles. The van der Waals surface area contributed by atoms with E-state index in [1.54, 1.807) is 5.56 Å². The molecule has 0 spiro atoms. The molecule has 0 N–H and O–H groups in total. The van der Waals surface area contributed by atoms with E-state index in [1.165, 1.54) is 16.7 Å². The number of halogens is 2. The molecule has 2 rings (SSSR count). The summed E-state index contributed by atoms with van der Waals surface area (Å²) in [5.74, 6) is 0. The van der Waals surface area contributed by atoms with Gasteiger partial charge in [0.2, 0.25) is 0 Å². The standard InChI is InChI=1S/C16H21.2ClH.Zr/c1-5-13-7-8-14(6-2)15(13)16(4)10-9-12(3)11-16;;;/h7-11H,5-6H2,1-4H3;2*1H;/q-1;;;+3/p-2. The quantitative estimate of drug-likeness (QED) is 0.553. The molecule has 1 aromatic rings. The maximum absolute atomic E-state index is 2.39. The Labute approximate surface area is 149 Å². The van der Waals surface area contributed by atoms with Crippen molar-refractivity contribution in [1.29, 1.82) is 0 Å². The first-order valence-electron chi connectivity index (χ1n) is 6.27. The van der Waals surface area contributed by atoms with Gasteiger partial charge in [-0.1, -0.05) is 57.4 Å². The second kappa shape index (κ2) is 8.55. The monoisotopic (exact) mass is 373 g/mol. The molecular formula is C16H21Cl2Zr. The molecule has 1 unspecified atom stereocenters. The molecule has 19 heavy (non-hydrogen) atoms. The van der Waals surface area contributed by atoms with Gasteiger partial charge in [0.05, 0.1) is 0 Å². The second-order valence-corrected chi connectivity index (χ2v) is 4.97. The fraction of sp³-hybridized carbons (Fsp3) is 0.438. The summed E-state index contributed by atoms with van der Waals surface area (Å²) in [5.41, 5.74) is 6.08. The van der Waals surface area contributed by atoms with Crippen LogP contribution in [0, 0.1) is 0 Å². The molecule has 1 radical (unpaired) electrons. The van der Waals surface area contributed by atoms with Gasteiger partial charge < -0.3 is 24.8 Å². The van der Waals surface area contributed by atoms with Crippen LogP contribution in [0.25, 0.3) is 0 Å². The number of hydrogen-bond acceptors (Lipinski definition) is 0. The van der Waals surface area contributed by atoms with Crippen molar-refractivity contribution < 1.29 is 51.0 Å². The normalized spacial score (nSPS) is 20.1. The van der Waals surface area contributed by atoms with Crippen molar-refractivity contribution in [2.45, 2.75) is 46.0 Å². The summed E-state index contributed by atoms with van der Waals surface area (Å²) in [7, 11) is 0. The summed E-state index contributed by atoms with van der Waals surface area (Å²) in [6, 6.07) is 4.60. The SMILES string of the molecule is CCc1cc[c-](CC)c1C1(C)C=CC(C)=C1.[Cl-].[Cl-].[Zr+3]. The molecule has 1 atom stereocenters. The van der Waals surface area contributed by atoms with Crippen molar-refractivity contribution in [3.63, 3.8) is 0 Å². The van der Waals surface area contributed by atoms with Crippen LogP contribution in [0.15, 0.2) is 35.9 Å². The van der Waals surface area contributed by atoms with Crippen LogP contribution >= 0.6 is 0 Å². The molecule has 1 aliphatic rings. The average Bonchev–Trinajstić information content (AvgIpc) is 2.82. The summed E-state index contributed by atoms with van der Waals surface area (Å²) < 4.78 is 0. The van der Waals surface area contributed by atoms with Crippen LogP contribution in [0.3, 0.4) is 0 Å². The van der Waals surface area contributed by atoms with Crippen LogP contribution in [0.2, 0.25) is 0 Å². The van der Waals surface area contributed by atoms with Crippen molar-refractivity contribution in [3.8, 4) is 0 Å². The first-order valence-corrected chi connectivity index (χ1v) is 6.27. The van der Waals surface area contributed by atoms with Gasteiger partial charge in [-0.15, -0.1) is 5.56 Å². The first-order chi connectivity index (χ1) is 7.60. The summed E-state index contributed by atoms with van der Waals surface area (Å²) in [5, 5.41) is 0. The van der Waals surface area contributed by atoms with Crippen molar-refractivity contribution in [2.24, 2.45) is 0 Å². The molecule has 3 heteroatoms. The Kier molecular flexibility index (Phi) is 9.72. The van der Waals surface area contributed by atoms with Crippen molar-refractivity contribution in [1.82, 2.24) is 0 Å². The Morgan fingerprint density at radius 3 is 2.26 bits per heavy atom. The maximum Gasteiger partial charge on any atom is 3.00 e. The van der Waals surface area contributed by atoms with Gasteiger partial charge in [-0.3, -0.25) is 0 Å². The van der Waals surface area contributed by atoms with Gasteiger partial charge in [0.1, 0.15) is 0 Å². The fourth-order valence-electron chi connectivity index (χ4n) is 2.88. The van der Waals surface area contributed by atoms with E-state index in [0.29, 0.717) is 0 Å². The van der Waals surface area contributed by atoms with Gasteiger partial charge in [-0.25, -0.2) is 6.07 Å². The third-order valence-corrected chi connectivity index (χ3v) is 3.65. The van der Waals surface area contributed by atoms with Crippen LogP contribution < -0.4 is 24.8 Å². The van der Waals surface area contributed by atoms with Crippen molar-refractivity contribution in [2.75, 3.05) is 0 Å². The molecule has 0 amide bonds. The van der Waals surface area contributed by atoms with Crippen LogP contribution in [-0.4, -0.2) is 0 Å². The van der Waals surface area contributed by atoms with E-state index in [9.17, 15) is 0 Å². The number of aryl methyl sites for hydroxylation is 2. The predicted molar refractivity (Wildman–Crippen MR) is 71.0 cm³/mol. The van der Waals surface area contributed by atoms with Gasteiger partial charge in [-0.05, 0) is 6.92 Å². The Bertz CT molecular complexity index is 436. The third-order valence-electron chi connectivity index (χ3n) is 3.65. The molecule has 0 saturated carbocycles. The minimum atomic E-state index is 0. The van der Waals surface area contributed by atoms with Crippen LogP contribution in [0.4, 0.5) is 0 Å². The van der Waals surface area contributed by atoms with E-state index in [1.807, 2.05) is 0 Å². The largest absolute Gasteiger partial charge is 3.00 e. The van der Waals surface area contributed by atoms with Gasteiger partial charge in [0.15, 0.2) is 0 Å². The van der Waals surface area contributed by atoms with Crippen LogP contribution in [0.5, 0.6) is 0 Å². The molecule has 1 aliphatic carbocycles. The van der Waals surface area contributed by atoms with Crippen LogP contribution in [-0.2, 0) is 44.5 Å². The minimum Gasteiger partial charge on any atom is -1.00 e. The smallest absolute Gasteiger partial charge is 1.00 e. The van der Waals surface area contributed by atoms with Gasteiger partial charge in [-0.2, -0.15) is 17.2 Å². The minimum absolute atomic E-state index is 0. The summed E-state index contributed by atoms with van der Waals surface area (Å²) in [6.45, 7) is 9.00. The Morgan fingerprint density at radius 2 is 1.84 bits per heavy atom. The Morgan fingerprint density at radius 1 is 1.21 bits per heavy atom. The molecule has 0 fully saturated rings. The number of hydrogen-bond donors (Lipinski definition) is 0. The molecule has 0 bridgehead atoms. The van der Waals surface area contributed by atoms with E-state index in [4.69, 9.17) is 0 Å². The van der Waals surface area contributed by atoms with E-state index in [0.717, 1.165) is 12.8 Å². The zero-order valence-electron chi connectivity index (χ0n) is 12.1. The summed E-state index contributed by atoms with van der Waals surface area (Å²) in [4.78, 5) is 0. The average molecular weight is 375 g/mol. The number of rotatable bonds is 3. The topological polar surface area (TPSA) is 0 Å². The second-order valence-electron chi connectivity index (χ2n) is 4.97. The molecule has 0 nitrogen and oxygen atoms in total. The van der Waals surface area contributed by atoms with E-state index in [-0.39, 0.29) is 56.4 Å². The third kappa shape index (κ3) is 4.13. The number of allylic oxidation sites excluding steroid dienone is 4. The van der Waals surface area contributed by atoms with Crippen molar-refractivity contribution in [3.05, 3.63) is 52.6 Å². The van der Waals surface area contributed by atoms with E-state index < -0.39 is 0 Å². The summed E-state index contributed by atoms with van der Waals surface area (Å²) in [6.07, 6.45) is 9.24. The molecule has 0 aromatic heterocycles. The Balaban J connectivity index is 0. The molecule has 0 aliphatic heterocycles. The fourth-order valence-corrected chi connectivity index (χ4v) is 2.88. The molecule has 1 aromatic carbocycles. The molecule has 0 heterocycles. The van der Waals surface area contributed by atoms with Crippen molar-refractivity contribution >= 4 is 0 Å². The maximum atomic E-state index is 2.39. The molecular weight excluding hydrogens is 354 g/mol. The molecule has 103 valence electrons. The van der Waals surface area contributed by atoms with Gasteiger partial charge >= 0.3 is 26.2 Å². The van der Waals surface area contributed by atoms with E-state index in [2.05, 4.69) is 58.1 Å². The van der Waals surface area contributed by atoms with Crippen LogP contribution in [0.1, 0.15) is 44.4 Å². The first kappa shape index (κ1) is 21.6. The Hall–Kier alpha value is 0.293. The zero-order chi connectivity index (χ0) is 11.8. The van der Waals surface area contributed by atoms with Gasteiger partial charge in [0, 0.05) is 5.41 Å². The zero-order valence-corrected chi connectivity index (χ0v) is 16.0.